The molecule has 4 N–H and O–H groups in total. The van der Waals surface area contributed by atoms with Crippen LogP contribution in [0.15, 0.2) is 0 Å². The number of nitrogens with zero attached hydrogens (tertiary/aromatic N) is 1. The molecule has 1 amide bonds. The molecule has 5 heteroatoms. The molecule has 112 valence electrons. The number of amides is 1. The van der Waals surface area contributed by atoms with Gasteiger partial charge < -0.3 is 11.1 Å². The predicted octanol–water partition coefficient (Wildman–Crippen LogP) is 2.64. The average molecular weight is 278 g/mol. The van der Waals surface area contributed by atoms with Gasteiger partial charge in [0.1, 0.15) is 0 Å². The van der Waals surface area contributed by atoms with E-state index >= 15 is 0 Å². The molecule has 1 aliphatic carbocycles. The van der Waals surface area contributed by atoms with E-state index in [0.717, 1.165) is 30.9 Å². The Balaban J connectivity index is 1.73. The second-order valence-electron chi connectivity index (χ2n) is 5.76. The molecule has 1 aromatic heterocycles. The van der Waals surface area contributed by atoms with Crippen molar-refractivity contribution in [2.24, 2.45) is 5.92 Å². The minimum absolute atomic E-state index is 0.160. The average Bonchev–Trinajstić information content (AvgIpc) is 3.06. The Labute approximate surface area is 120 Å². The second-order valence-corrected chi connectivity index (χ2v) is 5.76. The van der Waals surface area contributed by atoms with Crippen LogP contribution in [0.2, 0.25) is 0 Å². The Morgan fingerprint density at radius 1 is 1.45 bits per heavy atom. The molecule has 0 radical (unpaired) electrons. The van der Waals surface area contributed by atoms with Crippen LogP contribution in [0.5, 0.6) is 0 Å². The summed E-state index contributed by atoms with van der Waals surface area (Å²) in [5.74, 6) is 0.714. The standard InChI is InChI=1S/C15H26N4O/c1-2-6-12-13(16)14(19-18-12)15(20)17-10-5-9-11-7-3-4-8-11/h11H,2-10,16H2,1H3,(H,17,20)(H,18,19). The molecule has 1 aromatic rings. The monoisotopic (exact) mass is 278 g/mol. The van der Waals surface area contributed by atoms with Crippen molar-refractivity contribution in [1.82, 2.24) is 15.5 Å². The van der Waals surface area contributed by atoms with E-state index in [-0.39, 0.29) is 5.91 Å². The zero-order valence-corrected chi connectivity index (χ0v) is 12.4. The van der Waals surface area contributed by atoms with Crippen LogP contribution in [0.4, 0.5) is 5.69 Å². The van der Waals surface area contributed by atoms with Crippen LogP contribution in [0.3, 0.4) is 0 Å². The van der Waals surface area contributed by atoms with E-state index in [1.165, 1.54) is 32.1 Å². The minimum atomic E-state index is -0.160. The lowest BCUT2D eigenvalue weighted by molar-refractivity contribution is 0.0948. The van der Waals surface area contributed by atoms with Crippen molar-refractivity contribution in [3.05, 3.63) is 11.4 Å². The highest BCUT2D eigenvalue weighted by molar-refractivity contribution is 5.97. The third-order valence-electron chi connectivity index (χ3n) is 4.15. The summed E-state index contributed by atoms with van der Waals surface area (Å²) in [6.07, 6.45) is 9.55. The Hall–Kier alpha value is -1.52. The van der Waals surface area contributed by atoms with Gasteiger partial charge in [0.15, 0.2) is 5.69 Å². The van der Waals surface area contributed by atoms with E-state index in [1.54, 1.807) is 0 Å². The molecular formula is C15H26N4O. The van der Waals surface area contributed by atoms with Gasteiger partial charge in [-0.25, -0.2) is 0 Å². The molecule has 0 spiro atoms. The fourth-order valence-corrected chi connectivity index (χ4v) is 2.98. The number of anilines is 1. The fourth-order valence-electron chi connectivity index (χ4n) is 2.98. The molecule has 1 heterocycles. The Morgan fingerprint density at radius 2 is 2.20 bits per heavy atom. The van der Waals surface area contributed by atoms with Crippen molar-refractivity contribution >= 4 is 11.6 Å². The van der Waals surface area contributed by atoms with E-state index in [2.05, 4.69) is 22.4 Å². The molecule has 1 saturated carbocycles. The maximum atomic E-state index is 12.0. The lowest BCUT2D eigenvalue weighted by Crippen LogP contribution is -2.26. The number of aryl methyl sites for hydroxylation is 1. The molecule has 20 heavy (non-hydrogen) atoms. The number of H-pyrrole nitrogens is 1. The first-order chi connectivity index (χ1) is 9.72. The lowest BCUT2D eigenvalue weighted by Gasteiger charge is -2.08. The topological polar surface area (TPSA) is 83.8 Å². The molecule has 2 rings (SSSR count). The van der Waals surface area contributed by atoms with Crippen molar-refractivity contribution in [3.8, 4) is 0 Å². The zero-order valence-electron chi connectivity index (χ0n) is 12.4. The summed E-state index contributed by atoms with van der Waals surface area (Å²) in [7, 11) is 0. The van der Waals surface area contributed by atoms with E-state index < -0.39 is 0 Å². The molecule has 5 nitrogen and oxygen atoms in total. The minimum Gasteiger partial charge on any atom is -0.395 e. The number of aromatic amines is 1. The highest BCUT2D eigenvalue weighted by Crippen LogP contribution is 2.28. The van der Waals surface area contributed by atoms with Gasteiger partial charge in [0.2, 0.25) is 0 Å². The number of aromatic nitrogens is 2. The van der Waals surface area contributed by atoms with Gasteiger partial charge in [0.05, 0.1) is 11.4 Å². The van der Waals surface area contributed by atoms with Crippen molar-refractivity contribution < 1.29 is 4.79 Å². The number of hydrogen-bond acceptors (Lipinski definition) is 3. The van der Waals surface area contributed by atoms with Gasteiger partial charge >= 0.3 is 0 Å². The number of nitrogen functional groups attached to an aromatic ring is 1. The first-order valence-electron chi connectivity index (χ1n) is 7.83. The van der Waals surface area contributed by atoms with Gasteiger partial charge in [-0.2, -0.15) is 5.10 Å². The first kappa shape index (κ1) is 14.9. The fraction of sp³-hybridized carbons (Fsp3) is 0.733. The molecule has 0 atom stereocenters. The Kier molecular flexibility index (Phi) is 5.44. The van der Waals surface area contributed by atoms with Gasteiger partial charge in [-0.3, -0.25) is 9.89 Å². The van der Waals surface area contributed by atoms with E-state index in [4.69, 9.17) is 5.73 Å². The van der Waals surface area contributed by atoms with E-state index in [0.29, 0.717) is 17.9 Å². The summed E-state index contributed by atoms with van der Waals surface area (Å²) < 4.78 is 0. The summed E-state index contributed by atoms with van der Waals surface area (Å²) in [6, 6.07) is 0. The summed E-state index contributed by atoms with van der Waals surface area (Å²) in [5.41, 5.74) is 7.65. The molecule has 0 unspecified atom stereocenters. The molecule has 0 aliphatic heterocycles. The van der Waals surface area contributed by atoms with Crippen LogP contribution in [-0.2, 0) is 6.42 Å². The first-order valence-corrected chi connectivity index (χ1v) is 7.83. The second kappa shape index (κ2) is 7.31. The summed E-state index contributed by atoms with van der Waals surface area (Å²) in [5, 5.41) is 9.80. The van der Waals surface area contributed by atoms with Crippen LogP contribution < -0.4 is 11.1 Å². The molecule has 0 saturated heterocycles. The molecule has 0 bridgehead atoms. The van der Waals surface area contributed by atoms with Crippen LogP contribution in [0.25, 0.3) is 0 Å². The van der Waals surface area contributed by atoms with Crippen LogP contribution in [0, 0.1) is 5.92 Å². The van der Waals surface area contributed by atoms with Gasteiger partial charge in [-0.15, -0.1) is 0 Å². The van der Waals surface area contributed by atoms with Crippen molar-refractivity contribution in [1.29, 1.82) is 0 Å². The van der Waals surface area contributed by atoms with Crippen LogP contribution in [-0.4, -0.2) is 22.6 Å². The Bertz CT molecular complexity index is 435. The van der Waals surface area contributed by atoms with Crippen LogP contribution in [0.1, 0.15) is 68.1 Å². The van der Waals surface area contributed by atoms with Gasteiger partial charge in [-0.05, 0) is 25.2 Å². The van der Waals surface area contributed by atoms with Crippen LogP contribution >= 0.6 is 0 Å². The van der Waals surface area contributed by atoms with Crippen molar-refractivity contribution in [2.75, 3.05) is 12.3 Å². The van der Waals surface area contributed by atoms with Gasteiger partial charge in [0.25, 0.3) is 5.91 Å². The molecular weight excluding hydrogens is 252 g/mol. The quantitative estimate of drug-likeness (QED) is 0.670. The summed E-state index contributed by atoms with van der Waals surface area (Å²) in [4.78, 5) is 12.0. The number of hydrogen-bond donors (Lipinski definition) is 3. The predicted molar refractivity (Wildman–Crippen MR) is 80.5 cm³/mol. The van der Waals surface area contributed by atoms with Crippen molar-refractivity contribution in [3.63, 3.8) is 0 Å². The number of nitrogens with one attached hydrogen (secondary N) is 2. The van der Waals surface area contributed by atoms with Crippen molar-refractivity contribution in [2.45, 2.75) is 58.3 Å². The number of nitrogens with two attached hydrogens (primary N) is 1. The smallest absolute Gasteiger partial charge is 0.273 e. The SMILES string of the molecule is CCCc1[nH]nc(C(=O)NCCCC2CCCC2)c1N. The molecule has 0 aromatic carbocycles. The highest BCUT2D eigenvalue weighted by Gasteiger charge is 2.17. The lowest BCUT2D eigenvalue weighted by atomic mass is 10.0. The molecule has 1 aliphatic rings. The van der Waals surface area contributed by atoms with Gasteiger partial charge in [0, 0.05) is 6.54 Å². The highest BCUT2D eigenvalue weighted by atomic mass is 16.1. The van der Waals surface area contributed by atoms with Gasteiger partial charge in [-0.1, -0.05) is 39.0 Å². The number of rotatable bonds is 7. The normalized spacial score (nSPS) is 15.7. The zero-order chi connectivity index (χ0) is 14.4. The molecule has 1 fully saturated rings. The maximum absolute atomic E-state index is 12.0. The largest absolute Gasteiger partial charge is 0.395 e. The van der Waals surface area contributed by atoms with E-state index in [9.17, 15) is 4.79 Å². The summed E-state index contributed by atoms with van der Waals surface area (Å²) >= 11 is 0. The third kappa shape index (κ3) is 3.74. The Morgan fingerprint density at radius 3 is 2.90 bits per heavy atom. The summed E-state index contributed by atoms with van der Waals surface area (Å²) in [6.45, 7) is 2.79. The maximum Gasteiger partial charge on any atom is 0.273 e. The number of carbonyl (C=O) groups excluding carboxylic acids is 1. The van der Waals surface area contributed by atoms with E-state index in [1.807, 2.05) is 0 Å². The number of carbonyl (C=O) groups is 1. The third-order valence-corrected chi connectivity index (χ3v) is 4.15.